The molecule has 0 unspecified atom stereocenters. The third-order valence-corrected chi connectivity index (χ3v) is 3.54. The van der Waals surface area contributed by atoms with E-state index in [9.17, 15) is 9.59 Å². The molecule has 1 aliphatic carbocycles. The Morgan fingerprint density at radius 3 is 2.67 bits per heavy atom. The zero-order valence-electron chi connectivity index (χ0n) is 11.4. The highest BCUT2D eigenvalue weighted by atomic mass is 16.1. The molecule has 0 saturated heterocycles. The Kier molecular flexibility index (Phi) is 3.43. The number of Topliss-reactive ketones (excluding diaryl/α,β-unsaturated/α-hetero) is 1. The van der Waals surface area contributed by atoms with Crippen LogP contribution in [0.3, 0.4) is 0 Å². The number of hydrogen-bond acceptors (Lipinski definition) is 4. The summed E-state index contributed by atoms with van der Waals surface area (Å²) in [6.45, 7) is 0.0687. The number of carbonyl (C=O) groups is 2. The third-order valence-electron chi connectivity index (χ3n) is 3.54. The number of nitrogens with one attached hydrogen (secondary N) is 2. The van der Waals surface area contributed by atoms with E-state index in [0.717, 1.165) is 5.69 Å². The van der Waals surface area contributed by atoms with E-state index in [-0.39, 0.29) is 17.9 Å². The highest BCUT2D eigenvalue weighted by Crippen LogP contribution is 2.39. The number of hydrogen-bond donors (Lipinski definition) is 3. The minimum atomic E-state index is -0.602. The van der Waals surface area contributed by atoms with Crippen LogP contribution in [-0.2, 0) is 0 Å². The van der Waals surface area contributed by atoms with Gasteiger partial charge in [0.1, 0.15) is 5.82 Å². The highest BCUT2D eigenvalue weighted by Gasteiger charge is 2.25. The molecular weight excluding hydrogens is 268 g/mol. The van der Waals surface area contributed by atoms with Gasteiger partial charge in [-0.25, -0.2) is 0 Å². The number of carbonyl (C=O) groups excluding carboxylic acids is 2. The van der Waals surface area contributed by atoms with Gasteiger partial charge >= 0.3 is 0 Å². The minimum Gasteiger partial charge on any atom is -0.366 e. The second-order valence-electron chi connectivity index (χ2n) is 5.17. The van der Waals surface area contributed by atoms with E-state index in [4.69, 9.17) is 5.73 Å². The van der Waals surface area contributed by atoms with Crippen LogP contribution in [0.4, 0.5) is 5.82 Å². The largest absolute Gasteiger partial charge is 0.366 e. The van der Waals surface area contributed by atoms with Crippen LogP contribution in [0.15, 0.2) is 30.3 Å². The number of aromatic nitrogens is 2. The molecule has 0 aliphatic heterocycles. The van der Waals surface area contributed by atoms with Gasteiger partial charge in [0.25, 0.3) is 0 Å². The summed E-state index contributed by atoms with van der Waals surface area (Å²) in [7, 11) is 0. The number of aromatic amines is 1. The molecule has 0 radical (unpaired) electrons. The molecule has 6 nitrogen and oxygen atoms in total. The van der Waals surface area contributed by atoms with Gasteiger partial charge in [-0.3, -0.25) is 14.7 Å². The fourth-order valence-electron chi connectivity index (χ4n) is 2.24. The summed E-state index contributed by atoms with van der Waals surface area (Å²) in [6, 6.07) is 8.46. The lowest BCUT2D eigenvalue weighted by atomic mass is 10.0. The Morgan fingerprint density at radius 2 is 2.00 bits per heavy atom. The van der Waals surface area contributed by atoms with Crippen molar-refractivity contribution in [3.05, 3.63) is 47.2 Å². The van der Waals surface area contributed by atoms with E-state index in [2.05, 4.69) is 15.5 Å². The number of rotatable bonds is 6. The van der Waals surface area contributed by atoms with Crippen LogP contribution < -0.4 is 11.1 Å². The van der Waals surface area contributed by atoms with Gasteiger partial charge in [-0.2, -0.15) is 5.10 Å². The maximum Gasteiger partial charge on any atom is 0.249 e. The molecule has 108 valence electrons. The Bertz CT molecular complexity index is 688. The number of primary amides is 1. The summed E-state index contributed by atoms with van der Waals surface area (Å²) in [4.78, 5) is 23.5. The van der Waals surface area contributed by atoms with Crippen molar-refractivity contribution in [2.24, 2.45) is 5.73 Å². The predicted molar refractivity (Wildman–Crippen MR) is 78.3 cm³/mol. The quantitative estimate of drug-likeness (QED) is 0.702. The summed E-state index contributed by atoms with van der Waals surface area (Å²) in [6.07, 6.45) is 2.37. The highest BCUT2D eigenvalue weighted by molar-refractivity contribution is 6.08. The van der Waals surface area contributed by atoms with Crippen molar-refractivity contribution in [3.8, 4) is 0 Å². The van der Waals surface area contributed by atoms with E-state index in [0.29, 0.717) is 17.3 Å². The van der Waals surface area contributed by atoms with Gasteiger partial charge in [-0.05, 0) is 18.9 Å². The first-order chi connectivity index (χ1) is 10.1. The first-order valence-corrected chi connectivity index (χ1v) is 6.86. The van der Waals surface area contributed by atoms with Crippen LogP contribution >= 0.6 is 0 Å². The lowest BCUT2D eigenvalue weighted by molar-refractivity contribution is 0.0970. The fraction of sp³-hybridized carbons (Fsp3) is 0.267. The Hall–Kier alpha value is -2.63. The molecular formula is C15H16N4O2. The SMILES string of the molecule is NC(=O)c1ccccc1C(=O)CNc1cc(C2CC2)[nH]n1. The fourth-order valence-corrected chi connectivity index (χ4v) is 2.24. The second kappa shape index (κ2) is 5.40. The van der Waals surface area contributed by atoms with Gasteiger partial charge in [0, 0.05) is 28.8 Å². The number of amides is 1. The van der Waals surface area contributed by atoms with Crippen molar-refractivity contribution in [3.63, 3.8) is 0 Å². The summed E-state index contributed by atoms with van der Waals surface area (Å²) in [5, 5.41) is 10.1. The summed E-state index contributed by atoms with van der Waals surface area (Å²) < 4.78 is 0. The normalized spacial score (nSPS) is 13.9. The molecule has 3 rings (SSSR count). The van der Waals surface area contributed by atoms with E-state index in [1.807, 2.05) is 6.07 Å². The Labute approximate surface area is 121 Å². The third kappa shape index (κ3) is 2.94. The van der Waals surface area contributed by atoms with E-state index >= 15 is 0 Å². The van der Waals surface area contributed by atoms with Crippen LogP contribution in [0.5, 0.6) is 0 Å². The molecule has 1 heterocycles. The van der Waals surface area contributed by atoms with Gasteiger partial charge < -0.3 is 11.1 Å². The molecule has 6 heteroatoms. The molecule has 1 aromatic heterocycles. The minimum absolute atomic E-state index is 0.0687. The lowest BCUT2D eigenvalue weighted by Gasteiger charge is -2.06. The van der Waals surface area contributed by atoms with Gasteiger partial charge in [0.05, 0.1) is 6.54 Å². The van der Waals surface area contributed by atoms with Crippen molar-refractivity contribution < 1.29 is 9.59 Å². The molecule has 1 saturated carbocycles. The molecule has 4 N–H and O–H groups in total. The van der Waals surface area contributed by atoms with E-state index in [1.165, 1.54) is 12.8 Å². The summed E-state index contributed by atoms with van der Waals surface area (Å²) >= 11 is 0. The number of ketones is 1. The number of nitrogens with zero attached hydrogens (tertiary/aromatic N) is 1. The zero-order chi connectivity index (χ0) is 14.8. The smallest absolute Gasteiger partial charge is 0.249 e. The molecule has 1 amide bonds. The zero-order valence-corrected chi connectivity index (χ0v) is 11.4. The van der Waals surface area contributed by atoms with Crippen LogP contribution in [-0.4, -0.2) is 28.4 Å². The Balaban J connectivity index is 1.67. The average Bonchev–Trinajstić information content (AvgIpc) is 3.24. The van der Waals surface area contributed by atoms with Gasteiger partial charge in [0.15, 0.2) is 5.78 Å². The number of H-pyrrole nitrogens is 1. The maximum atomic E-state index is 12.2. The van der Waals surface area contributed by atoms with Crippen LogP contribution in [0, 0.1) is 0 Å². The monoisotopic (exact) mass is 284 g/mol. The van der Waals surface area contributed by atoms with Crippen LogP contribution in [0.1, 0.15) is 45.2 Å². The molecule has 2 aromatic rings. The molecule has 0 spiro atoms. The van der Waals surface area contributed by atoms with E-state index in [1.54, 1.807) is 24.3 Å². The summed E-state index contributed by atoms with van der Waals surface area (Å²) in [5.41, 5.74) is 6.94. The number of anilines is 1. The van der Waals surface area contributed by atoms with E-state index < -0.39 is 5.91 Å². The molecule has 0 bridgehead atoms. The average molecular weight is 284 g/mol. The van der Waals surface area contributed by atoms with Crippen molar-refractivity contribution in [2.45, 2.75) is 18.8 Å². The first kappa shape index (κ1) is 13.4. The Morgan fingerprint density at radius 1 is 1.29 bits per heavy atom. The van der Waals surface area contributed by atoms with Crippen LogP contribution in [0.25, 0.3) is 0 Å². The molecule has 1 aliphatic rings. The van der Waals surface area contributed by atoms with Crippen LogP contribution in [0.2, 0.25) is 0 Å². The molecule has 0 atom stereocenters. The first-order valence-electron chi connectivity index (χ1n) is 6.86. The van der Waals surface area contributed by atoms with Crippen molar-refractivity contribution in [1.82, 2.24) is 10.2 Å². The second-order valence-corrected chi connectivity index (χ2v) is 5.17. The van der Waals surface area contributed by atoms with Crippen molar-refractivity contribution in [2.75, 3.05) is 11.9 Å². The van der Waals surface area contributed by atoms with Crippen molar-refractivity contribution >= 4 is 17.5 Å². The summed E-state index contributed by atoms with van der Waals surface area (Å²) in [5.74, 6) is 0.427. The lowest BCUT2D eigenvalue weighted by Crippen LogP contribution is -2.20. The maximum absolute atomic E-state index is 12.2. The number of nitrogens with two attached hydrogens (primary N) is 1. The molecule has 1 fully saturated rings. The van der Waals surface area contributed by atoms with Gasteiger partial charge in [0.2, 0.25) is 5.91 Å². The van der Waals surface area contributed by atoms with Gasteiger partial charge in [-0.15, -0.1) is 0 Å². The van der Waals surface area contributed by atoms with Crippen molar-refractivity contribution in [1.29, 1.82) is 0 Å². The molecule has 21 heavy (non-hydrogen) atoms. The number of benzene rings is 1. The topological polar surface area (TPSA) is 101 Å². The predicted octanol–water partition coefficient (Wildman–Crippen LogP) is 1.68. The molecule has 1 aromatic carbocycles. The standard InChI is InChI=1S/C15H16N4O2/c16-15(21)11-4-2-1-3-10(11)13(20)8-17-14-7-12(18-19-14)9-5-6-9/h1-4,7,9H,5-6,8H2,(H2,16,21)(H2,17,18,19). The van der Waals surface area contributed by atoms with Gasteiger partial charge in [-0.1, -0.05) is 18.2 Å².